The summed E-state index contributed by atoms with van der Waals surface area (Å²) in [6.45, 7) is 1.88. The van der Waals surface area contributed by atoms with E-state index in [1.807, 2.05) is 0 Å². The maximum atomic E-state index is 5.17. The van der Waals surface area contributed by atoms with Crippen LogP contribution in [0.25, 0.3) is 0 Å². The highest BCUT2D eigenvalue weighted by Gasteiger charge is 2.32. The Bertz CT molecular complexity index is 65.1. The van der Waals surface area contributed by atoms with Gasteiger partial charge in [0.15, 0.2) is 0 Å². The van der Waals surface area contributed by atoms with Crippen molar-refractivity contribution in [2.24, 2.45) is 0 Å². The quantitative estimate of drug-likeness (QED) is 0.493. The van der Waals surface area contributed by atoms with Crippen molar-refractivity contribution in [3.05, 3.63) is 0 Å². The highest BCUT2D eigenvalue weighted by Crippen LogP contribution is 2.17. The second-order valence-electron chi connectivity index (χ2n) is 2.33. The Morgan fingerprint density at radius 3 is 1.88 bits per heavy atom. The van der Waals surface area contributed by atoms with Crippen molar-refractivity contribution in [1.82, 2.24) is 5.32 Å². The summed E-state index contributed by atoms with van der Waals surface area (Å²) in [5.74, 6) is 0. The lowest BCUT2D eigenvalue weighted by Gasteiger charge is -2.42. The SMILES string of the molecule is C.C1OCC2CC1N2. The Kier molecular flexibility index (Phi) is 1.54. The van der Waals surface area contributed by atoms with Crippen LogP contribution >= 0.6 is 0 Å². The zero-order valence-electron chi connectivity index (χ0n) is 4.18. The maximum absolute atomic E-state index is 5.17. The molecule has 0 aliphatic carbocycles. The van der Waals surface area contributed by atoms with Gasteiger partial charge in [-0.3, -0.25) is 0 Å². The molecule has 0 amide bonds. The summed E-state index contributed by atoms with van der Waals surface area (Å²) in [4.78, 5) is 0. The van der Waals surface area contributed by atoms with Gasteiger partial charge in [-0.05, 0) is 6.42 Å². The predicted octanol–water partition coefficient (Wildman–Crippen LogP) is 0.383. The fraction of sp³-hybridized carbons (Fsp3) is 1.00. The molecule has 3 aliphatic rings. The molecule has 3 fully saturated rings. The molecule has 2 heteroatoms. The van der Waals surface area contributed by atoms with Gasteiger partial charge in [-0.2, -0.15) is 0 Å². The number of hydrogen-bond acceptors (Lipinski definition) is 2. The van der Waals surface area contributed by atoms with Gasteiger partial charge in [-0.1, -0.05) is 7.43 Å². The summed E-state index contributed by atoms with van der Waals surface area (Å²) in [6.07, 6.45) is 1.35. The molecule has 0 saturated carbocycles. The van der Waals surface area contributed by atoms with Crippen LogP contribution < -0.4 is 5.32 Å². The Morgan fingerprint density at radius 1 is 1.25 bits per heavy atom. The second-order valence-corrected chi connectivity index (χ2v) is 2.33. The monoisotopic (exact) mass is 115 g/mol. The summed E-state index contributed by atoms with van der Waals surface area (Å²) in [5, 5.41) is 3.35. The average Bonchev–Trinajstić information content (AvgIpc) is 1.67. The molecule has 0 spiro atoms. The van der Waals surface area contributed by atoms with Crippen LogP contribution in [0, 0.1) is 0 Å². The first kappa shape index (κ1) is 6.05. The Labute approximate surface area is 50.2 Å². The molecule has 2 bridgehead atoms. The normalized spacial score (nSPS) is 42.0. The zero-order chi connectivity index (χ0) is 4.69. The first-order valence-electron chi connectivity index (χ1n) is 2.79. The maximum Gasteiger partial charge on any atom is 0.0621 e. The number of rotatable bonds is 0. The predicted molar refractivity (Wildman–Crippen MR) is 32.9 cm³/mol. The topological polar surface area (TPSA) is 21.3 Å². The molecule has 48 valence electrons. The molecule has 0 aromatic rings. The van der Waals surface area contributed by atoms with Crippen molar-refractivity contribution in [1.29, 1.82) is 0 Å². The number of morpholine rings is 1. The Balaban J connectivity index is 0.000000320. The van der Waals surface area contributed by atoms with E-state index in [-0.39, 0.29) is 7.43 Å². The first-order chi connectivity index (χ1) is 3.45. The molecule has 1 N–H and O–H groups in total. The standard InChI is InChI=1S/C5H9NO.CH4/c1-4-2-7-3-5(1)6-4;/h4-6H,1-3H2;1H4. The van der Waals surface area contributed by atoms with Crippen molar-refractivity contribution in [3.63, 3.8) is 0 Å². The molecule has 0 aromatic carbocycles. The number of hydrogen-bond donors (Lipinski definition) is 1. The van der Waals surface area contributed by atoms with Gasteiger partial charge < -0.3 is 10.1 Å². The molecule has 0 aromatic heterocycles. The number of fused-ring (bicyclic) bond motifs is 2. The summed E-state index contributed by atoms with van der Waals surface area (Å²) >= 11 is 0. The molecule has 2 nitrogen and oxygen atoms in total. The molecule has 3 aliphatic heterocycles. The minimum atomic E-state index is 0. The van der Waals surface area contributed by atoms with E-state index >= 15 is 0 Å². The molecular weight excluding hydrogens is 102 g/mol. The Morgan fingerprint density at radius 2 is 1.75 bits per heavy atom. The van der Waals surface area contributed by atoms with E-state index in [4.69, 9.17) is 4.74 Å². The van der Waals surface area contributed by atoms with E-state index in [0.717, 1.165) is 13.2 Å². The minimum Gasteiger partial charge on any atom is -0.378 e. The van der Waals surface area contributed by atoms with Crippen molar-refractivity contribution in [2.45, 2.75) is 25.9 Å². The van der Waals surface area contributed by atoms with E-state index in [2.05, 4.69) is 5.32 Å². The summed E-state index contributed by atoms with van der Waals surface area (Å²) < 4.78 is 5.17. The van der Waals surface area contributed by atoms with Crippen LogP contribution in [0.2, 0.25) is 0 Å². The van der Waals surface area contributed by atoms with Gasteiger partial charge in [0.25, 0.3) is 0 Å². The third-order valence-electron chi connectivity index (χ3n) is 1.68. The van der Waals surface area contributed by atoms with Crippen LogP contribution in [0.1, 0.15) is 13.8 Å². The average molecular weight is 115 g/mol. The molecule has 2 atom stereocenters. The largest absolute Gasteiger partial charge is 0.378 e. The van der Waals surface area contributed by atoms with Gasteiger partial charge in [0, 0.05) is 12.1 Å². The van der Waals surface area contributed by atoms with Gasteiger partial charge in [0.05, 0.1) is 13.2 Å². The second kappa shape index (κ2) is 2.03. The van der Waals surface area contributed by atoms with Crippen LogP contribution in [0.3, 0.4) is 0 Å². The summed E-state index contributed by atoms with van der Waals surface area (Å²) in [5.41, 5.74) is 0. The molecule has 3 heterocycles. The zero-order valence-corrected chi connectivity index (χ0v) is 4.18. The van der Waals surface area contributed by atoms with Crippen molar-refractivity contribution in [2.75, 3.05) is 13.2 Å². The van der Waals surface area contributed by atoms with Crippen molar-refractivity contribution in [3.8, 4) is 0 Å². The first-order valence-corrected chi connectivity index (χ1v) is 2.79. The van der Waals surface area contributed by atoms with Crippen LogP contribution in [0.15, 0.2) is 0 Å². The number of ether oxygens (including phenoxy) is 1. The fourth-order valence-corrected chi connectivity index (χ4v) is 1.24. The van der Waals surface area contributed by atoms with E-state index in [9.17, 15) is 0 Å². The molecule has 0 radical (unpaired) electrons. The van der Waals surface area contributed by atoms with Gasteiger partial charge in [-0.15, -0.1) is 0 Å². The molecule has 2 unspecified atom stereocenters. The summed E-state index contributed by atoms with van der Waals surface area (Å²) in [7, 11) is 0. The Hall–Kier alpha value is -0.0800. The van der Waals surface area contributed by atoms with Gasteiger partial charge in [0.2, 0.25) is 0 Å². The highest BCUT2D eigenvalue weighted by atomic mass is 16.5. The van der Waals surface area contributed by atoms with Gasteiger partial charge in [-0.25, -0.2) is 0 Å². The lowest BCUT2D eigenvalue weighted by molar-refractivity contribution is -0.0172. The van der Waals surface area contributed by atoms with Crippen LogP contribution in [-0.4, -0.2) is 25.3 Å². The fourth-order valence-electron chi connectivity index (χ4n) is 1.24. The van der Waals surface area contributed by atoms with Crippen LogP contribution in [-0.2, 0) is 4.74 Å². The van der Waals surface area contributed by atoms with Gasteiger partial charge >= 0.3 is 0 Å². The third-order valence-corrected chi connectivity index (χ3v) is 1.68. The lowest BCUT2D eigenvalue weighted by atomic mass is 9.96. The van der Waals surface area contributed by atoms with Crippen molar-refractivity contribution < 1.29 is 4.74 Å². The van der Waals surface area contributed by atoms with Crippen LogP contribution in [0.5, 0.6) is 0 Å². The summed E-state index contributed by atoms with van der Waals surface area (Å²) in [6, 6.07) is 1.41. The third kappa shape index (κ3) is 0.740. The number of nitrogens with one attached hydrogen (secondary N) is 1. The van der Waals surface area contributed by atoms with E-state index in [0.29, 0.717) is 12.1 Å². The van der Waals surface area contributed by atoms with Crippen LogP contribution in [0.4, 0.5) is 0 Å². The molecule has 3 saturated heterocycles. The molecular formula is C6H13NO. The smallest absolute Gasteiger partial charge is 0.0621 e. The molecule has 3 rings (SSSR count). The molecule has 8 heavy (non-hydrogen) atoms. The lowest BCUT2D eigenvalue weighted by Crippen LogP contribution is -2.60. The van der Waals surface area contributed by atoms with Gasteiger partial charge in [0.1, 0.15) is 0 Å². The van der Waals surface area contributed by atoms with E-state index < -0.39 is 0 Å². The van der Waals surface area contributed by atoms with E-state index in [1.165, 1.54) is 6.42 Å². The van der Waals surface area contributed by atoms with E-state index in [1.54, 1.807) is 0 Å². The minimum absolute atomic E-state index is 0. The van der Waals surface area contributed by atoms with Crippen molar-refractivity contribution >= 4 is 0 Å². The highest BCUT2D eigenvalue weighted by molar-refractivity contribution is 4.91.